The number of hydrogen-bond acceptors (Lipinski definition) is 4. The largest absolute Gasteiger partial charge is 0.497 e. The SMILES string of the molecule is COc1cccc(Oc2cccc(Sc3ccc(C)cc3)c2C#N)c1. The molecule has 0 bridgehead atoms. The minimum absolute atomic E-state index is 0.524. The summed E-state index contributed by atoms with van der Waals surface area (Å²) in [5, 5.41) is 9.63. The lowest BCUT2D eigenvalue weighted by molar-refractivity contribution is 0.409. The van der Waals surface area contributed by atoms with Crippen molar-refractivity contribution >= 4 is 11.8 Å². The highest BCUT2D eigenvalue weighted by atomic mass is 32.2. The van der Waals surface area contributed by atoms with Crippen LogP contribution in [0.25, 0.3) is 0 Å². The van der Waals surface area contributed by atoms with E-state index in [0.717, 1.165) is 9.79 Å². The summed E-state index contributed by atoms with van der Waals surface area (Å²) < 4.78 is 11.1. The molecule has 0 unspecified atom stereocenters. The first kappa shape index (κ1) is 16.9. The van der Waals surface area contributed by atoms with Crippen LogP contribution in [0, 0.1) is 18.3 Å². The quantitative estimate of drug-likeness (QED) is 0.583. The molecule has 0 radical (unpaired) electrons. The number of hydrogen-bond donors (Lipinski definition) is 0. The van der Waals surface area contributed by atoms with Crippen molar-refractivity contribution in [3.05, 3.63) is 77.9 Å². The van der Waals surface area contributed by atoms with Gasteiger partial charge in [-0.15, -0.1) is 0 Å². The Morgan fingerprint density at radius 1 is 0.920 bits per heavy atom. The van der Waals surface area contributed by atoms with Crippen molar-refractivity contribution < 1.29 is 9.47 Å². The van der Waals surface area contributed by atoms with E-state index in [4.69, 9.17) is 9.47 Å². The summed E-state index contributed by atoms with van der Waals surface area (Å²) in [6.45, 7) is 2.05. The van der Waals surface area contributed by atoms with Crippen LogP contribution in [0.1, 0.15) is 11.1 Å². The van der Waals surface area contributed by atoms with Gasteiger partial charge in [-0.25, -0.2) is 0 Å². The summed E-state index contributed by atoms with van der Waals surface area (Å²) in [6.07, 6.45) is 0. The van der Waals surface area contributed by atoms with Crippen LogP contribution >= 0.6 is 11.8 Å². The van der Waals surface area contributed by atoms with Crippen LogP contribution in [0.2, 0.25) is 0 Å². The third kappa shape index (κ3) is 4.14. The molecule has 0 fully saturated rings. The Bertz CT molecular complexity index is 914. The first-order chi connectivity index (χ1) is 12.2. The van der Waals surface area contributed by atoms with Crippen LogP contribution in [0.15, 0.2) is 76.5 Å². The summed E-state index contributed by atoms with van der Waals surface area (Å²) in [6, 6.07) is 23.5. The molecule has 25 heavy (non-hydrogen) atoms. The maximum absolute atomic E-state index is 9.63. The molecule has 0 aromatic heterocycles. The van der Waals surface area contributed by atoms with Crippen molar-refractivity contribution in [2.45, 2.75) is 16.7 Å². The molecule has 0 saturated carbocycles. The van der Waals surface area contributed by atoms with Gasteiger partial charge in [0.2, 0.25) is 0 Å². The number of nitrogens with zero attached hydrogens (tertiary/aromatic N) is 1. The monoisotopic (exact) mass is 347 g/mol. The van der Waals surface area contributed by atoms with E-state index in [1.54, 1.807) is 31.0 Å². The van der Waals surface area contributed by atoms with Crippen molar-refractivity contribution in [2.24, 2.45) is 0 Å². The molecule has 4 heteroatoms. The lowest BCUT2D eigenvalue weighted by Crippen LogP contribution is -1.91. The van der Waals surface area contributed by atoms with Crippen molar-refractivity contribution in [3.8, 4) is 23.3 Å². The van der Waals surface area contributed by atoms with Crippen molar-refractivity contribution in [2.75, 3.05) is 7.11 Å². The fourth-order valence-electron chi connectivity index (χ4n) is 2.32. The van der Waals surface area contributed by atoms with Crippen molar-refractivity contribution in [1.82, 2.24) is 0 Å². The first-order valence-corrected chi connectivity index (χ1v) is 8.61. The van der Waals surface area contributed by atoms with Gasteiger partial charge in [0, 0.05) is 15.9 Å². The van der Waals surface area contributed by atoms with Gasteiger partial charge in [-0.2, -0.15) is 5.26 Å². The third-order valence-corrected chi connectivity index (χ3v) is 4.69. The number of aryl methyl sites for hydroxylation is 1. The van der Waals surface area contributed by atoms with Gasteiger partial charge >= 0.3 is 0 Å². The number of benzene rings is 3. The Kier molecular flexibility index (Phi) is 5.27. The van der Waals surface area contributed by atoms with Crippen LogP contribution in [0.4, 0.5) is 0 Å². The first-order valence-electron chi connectivity index (χ1n) is 7.79. The number of ether oxygens (including phenoxy) is 2. The normalized spacial score (nSPS) is 10.1. The Morgan fingerprint density at radius 2 is 1.64 bits per heavy atom. The second kappa shape index (κ2) is 7.78. The average molecular weight is 347 g/mol. The summed E-state index contributed by atoms with van der Waals surface area (Å²) >= 11 is 1.55. The van der Waals surface area contributed by atoms with E-state index in [9.17, 15) is 5.26 Å². The van der Waals surface area contributed by atoms with Gasteiger partial charge in [-0.1, -0.05) is 41.6 Å². The van der Waals surface area contributed by atoms with Gasteiger partial charge in [0.25, 0.3) is 0 Å². The van der Waals surface area contributed by atoms with Gasteiger partial charge in [0.1, 0.15) is 28.9 Å². The van der Waals surface area contributed by atoms with E-state index in [1.807, 2.05) is 30.3 Å². The van der Waals surface area contributed by atoms with Gasteiger partial charge in [0.15, 0.2) is 0 Å². The predicted molar refractivity (Wildman–Crippen MR) is 99.5 cm³/mol. The summed E-state index contributed by atoms with van der Waals surface area (Å²) in [4.78, 5) is 1.95. The molecule has 0 aliphatic heterocycles. The van der Waals surface area contributed by atoms with Crippen LogP contribution in [0.5, 0.6) is 17.2 Å². The van der Waals surface area contributed by atoms with Gasteiger partial charge in [-0.05, 0) is 43.3 Å². The Labute approximate surface area is 151 Å². The summed E-state index contributed by atoms with van der Waals surface area (Å²) in [7, 11) is 1.61. The number of methoxy groups -OCH3 is 1. The van der Waals surface area contributed by atoms with E-state index in [1.165, 1.54) is 5.56 Å². The molecule has 124 valence electrons. The van der Waals surface area contributed by atoms with E-state index in [-0.39, 0.29) is 0 Å². The topological polar surface area (TPSA) is 42.2 Å². The van der Waals surface area contributed by atoms with E-state index < -0.39 is 0 Å². The van der Waals surface area contributed by atoms with E-state index in [0.29, 0.717) is 22.8 Å². The second-order valence-electron chi connectivity index (χ2n) is 5.44. The molecule has 3 rings (SSSR count). The number of rotatable bonds is 5. The molecule has 0 atom stereocenters. The zero-order valence-corrected chi connectivity index (χ0v) is 14.8. The fraction of sp³-hybridized carbons (Fsp3) is 0.0952. The Balaban J connectivity index is 1.90. The second-order valence-corrected chi connectivity index (χ2v) is 6.55. The predicted octanol–water partition coefficient (Wildman–Crippen LogP) is 5.82. The summed E-state index contributed by atoms with van der Waals surface area (Å²) in [5.74, 6) is 1.88. The van der Waals surface area contributed by atoms with Crippen molar-refractivity contribution in [1.29, 1.82) is 5.26 Å². The molecule has 0 spiro atoms. The highest BCUT2D eigenvalue weighted by Crippen LogP contribution is 2.36. The molecule has 0 heterocycles. The molecule has 0 aliphatic rings. The minimum Gasteiger partial charge on any atom is -0.497 e. The highest BCUT2D eigenvalue weighted by molar-refractivity contribution is 7.99. The molecule has 3 aromatic rings. The smallest absolute Gasteiger partial charge is 0.146 e. The third-order valence-electron chi connectivity index (χ3n) is 3.62. The maximum atomic E-state index is 9.63. The summed E-state index contributed by atoms with van der Waals surface area (Å²) in [5.41, 5.74) is 1.73. The van der Waals surface area contributed by atoms with Gasteiger partial charge in [0.05, 0.1) is 7.11 Å². The van der Waals surface area contributed by atoms with E-state index >= 15 is 0 Å². The van der Waals surface area contributed by atoms with Crippen LogP contribution in [-0.2, 0) is 0 Å². The lowest BCUT2D eigenvalue weighted by Gasteiger charge is -2.11. The van der Waals surface area contributed by atoms with Crippen LogP contribution in [0.3, 0.4) is 0 Å². The standard InChI is InChI=1S/C21H17NO2S/c1-15-9-11-18(12-10-15)25-21-8-4-7-20(19(21)14-22)24-17-6-3-5-16(13-17)23-2/h3-13H,1-2H3. The Hall–Kier alpha value is -2.90. The van der Waals surface area contributed by atoms with E-state index in [2.05, 4.69) is 37.3 Å². The molecule has 0 aliphatic carbocycles. The number of nitriles is 1. The molecule has 0 amide bonds. The zero-order valence-electron chi connectivity index (χ0n) is 14.0. The van der Waals surface area contributed by atoms with Crippen molar-refractivity contribution in [3.63, 3.8) is 0 Å². The molecule has 3 nitrogen and oxygen atoms in total. The van der Waals surface area contributed by atoms with Crippen LogP contribution < -0.4 is 9.47 Å². The maximum Gasteiger partial charge on any atom is 0.146 e. The molecule has 0 saturated heterocycles. The average Bonchev–Trinajstić information content (AvgIpc) is 2.64. The zero-order chi connectivity index (χ0) is 17.6. The lowest BCUT2D eigenvalue weighted by atomic mass is 10.2. The van der Waals surface area contributed by atoms with Crippen LogP contribution in [-0.4, -0.2) is 7.11 Å². The fourth-order valence-corrected chi connectivity index (χ4v) is 3.24. The molecule has 3 aromatic carbocycles. The van der Waals surface area contributed by atoms with Gasteiger partial charge < -0.3 is 9.47 Å². The molecular formula is C21H17NO2S. The van der Waals surface area contributed by atoms with Gasteiger partial charge in [-0.3, -0.25) is 0 Å². The highest BCUT2D eigenvalue weighted by Gasteiger charge is 2.12. The minimum atomic E-state index is 0.524. The Morgan fingerprint density at radius 3 is 2.36 bits per heavy atom. The molecule has 0 N–H and O–H groups in total. The molecular weight excluding hydrogens is 330 g/mol.